The van der Waals surface area contributed by atoms with Crippen LogP contribution in [0.1, 0.15) is 22.3 Å². The van der Waals surface area contributed by atoms with Crippen molar-refractivity contribution in [3.63, 3.8) is 0 Å². The van der Waals surface area contributed by atoms with Crippen molar-refractivity contribution in [1.82, 2.24) is 0 Å². The molecule has 0 bridgehead atoms. The number of hydrogen-bond donors (Lipinski definition) is 1. The highest BCUT2D eigenvalue weighted by molar-refractivity contribution is 7.90. The Morgan fingerprint density at radius 2 is 1.74 bits per heavy atom. The van der Waals surface area contributed by atoms with Gasteiger partial charge in [0.25, 0.3) is 0 Å². The minimum absolute atomic E-state index is 0.314. The molecule has 6 heteroatoms. The number of hydrogen-bond acceptors (Lipinski definition) is 4. The average Bonchev–Trinajstić information content (AvgIpc) is 2.27. The van der Waals surface area contributed by atoms with E-state index < -0.39 is 27.5 Å². The number of ketones is 1. The van der Waals surface area contributed by atoms with E-state index in [2.05, 4.69) is 0 Å². The van der Waals surface area contributed by atoms with Crippen LogP contribution in [0.4, 0.5) is 0 Å². The minimum atomic E-state index is -3.44. The van der Waals surface area contributed by atoms with Crippen molar-refractivity contribution in [1.29, 1.82) is 0 Å². The summed E-state index contributed by atoms with van der Waals surface area (Å²) >= 11 is 0. The van der Waals surface area contributed by atoms with Crippen LogP contribution < -0.4 is 0 Å². The summed E-state index contributed by atoms with van der Waals surface area (Å²) < 4.78 is 22.3. The fourth-order valence-electron chi connectivity index (χ4n) is 1.66. The van der Waals surface area contributed by atoms with Crippen LogP contribution in [0, 0.1) is 12.8 Å². The van der Waals surface area contributed by atoms with Crippen LogP contribution in [0.15, 0.2) is 24.3 Å². The molecule has 0 saturated heterocycles. The molecule has 0 saturated carbocycles. The lowest BCUT2D eigenvalue weighted by Gasteiger charge is -2.10. The lowest BCUT2D eigenvalue weighted by molar-refractivity contribution is -0.140. The molecule has 0 aliphatic carbocycles. The van der Waals surface area contributed by atoms with Gasteiger partial charge in [-0.15, -0.1) is 0 Å². The van der Waals surface area contributed by atoms with Gasteiger partial charge in [0.15, 0.2) is 5.78 Å². The molecule has 0 heterocycles. The first-order valence-corrected chi connectivity index (χ1v) is 7.75. The van der Waals surface area contributed by atoms with E-state index in [9.17, 15) is 18.0 Å². The zero-order chi connectivity index (χ0) is 14.6. The highest BCUT2D eigenvalue weighted by Gasteiger charge is 2.25. The molecule has 0 aliphatic rings. The Bertz CT molecular complexity index is 572. The first-order chi connectivity index (χ1) is 8.69. The van der Waals surface area contributed by atoms with Gasteiger partial charge in [-0.2, -0.15) is 0 Å². The molecule has 0 fully saturated rings. The van der Waals surface area contributed by atoms with Crippen LogP contribution >= 0.6 is 0 Å². The Balaban J connectivity index is 2.82. The molecular weight excluding hydrogens is 268 g/mol. The van der Waals surface area contributed by atoms with E-state index in [4.69, 9.17) is 5.11 Å². The molecule has 0 radical (unpaired) electrons. The first-order valence-electron chi connectivity index (χ1n) is 5.69. The van der Waals surface area contributed by atoms with Gasteiger partial charge in [-0.05, 0) is 6.92 Å². The third kappa shape index (κ3) is 5.21. The monoisotopic (exact) mass is 284 g/mol. The van der Waals surface area contributed by atoms with Crippen LogP contribution in [-0.2, 0) is 14.6 Å². The van der Waals surface area contributed by atoms with Gasteiger partial charge >= 0.3 is 5.97 Å². The Kier molecular flexibility index (Phi) is 4.83. The quantitative estimate of drug-likeness (QED) is 0.796. The summed E-state index contributed by atoms with van der Waals surface area (Å²) in [5.41, 5.74) is 1.38. The SMILES string of the molecule is Cc1ccc(C(=O)CC(CS(C)(=O)=O)C(=O)O)cc1. The van der Waals surface area contributed by atoms with Crippen LogP contribution in [-0.4, -0.2) is 37.3 Å². The number of aliphatic carboxylic acids is 1. The molecule has 19 heavy (non-hydrogen) atoms. The summed E-state index contributed by atoms with van der Waals surface area (Å²) in [5, 5.41) is 8.96. The fraction of sp³-hybridized carbons (Fsp3) is 0.385. The van der Waals surface area contributed by atoms with Crippen molar-refractivity contribution in [2.45, 2.75) is 13.3 Å². The van der Waals surface area contributed by atoms with Crippen molar-refractivity contribution in [3.05, 3.63) is 35.4 Å². The third-order valence-corrected chi connectivity index (χ3v) is 3.67. The number of aryl methyl sites for hydroxylation is 1. The summed E-state index contributed by atoms with van der Waals surface area (Å²) in [6, 6.07) is 6.72. The van der Waals surface area contributed by atoms with Crippen LogP contribution in [0.5, 0.6) is 0 Å². The average molecular weight is 284 g/mol. The van der Waals surface area contributed by atoms with E-state index in [0.717, 1.165) is 11.8 Å². The highest BCUT2D eigenvalue weighted by atomic mass is 32.2. The molecule has 1 unspecified atom stereocenters. The number of rotatable bonds is 6. The summed E-state index contributed by atoms with van der Waals surface area (Å²) in [6.45, 7) is 1.87. The summed E-state index contributed by atoms with van der Waals surface area (Å²) in [5.74, 6) is -3.37. The molecule has 1 atom stereocenters. The number of carbonyl (C=O) groups is 2. The summed E-state index contributed by atoms with van der Waals surface area (Å²) in [7, 11) is -3.44. The van der Waals surface area contributed by atoms with Crippen molar-refractivity contribution < 1.29 is 23.1 Å². The molecule has 1 aromatic rings. The van der Waals surface area contributed by atoms with E-state index >= 15 is 0 Å². The van der Waals surface area contributed by atoms with Gasteiger partial charge in [-0.3, -0.25) is 9.59 Å². The van der Waals surface area contributed by atoms with Crippen molar-refractivity contribution in [2.24, 2.45) is 5.92 Å². The van der Waals surface area contributed by atoms with Gasteiger partial charge in [0, 0.05) is 18.2 Å². The number of carboxylic acids is 1. The molecule has 0 aliphatic heterocycles. The van der Waals surface area contributed by atoms with Gasteiger partial charge in [0.05, 0.1) is 11.7 Å². The standard InChI is InChI=1S/C13H16O5S/c1-9-3-5-10(6-4-9)12(14)7-11(13(15)16)8-19(2,17)18/h3-6,11H,7-8H2,1-2H3,(H,15,16). The topological polar surface area (TPSA) is 88.5 Å². The fourth-order valence-corrected chi connectivity index (χ4v) is 2.66. The Morgan fingerprint density at radius 3 is 2.16 bits per heavy atom. The van der Waals surface area contributed by atoms with E-state index in [1.165, 1.54) is 0 Å². The third-order valence-electron chi connectivity index (χ3n) is 2.66. The second-order valence-corrected chi connectivity index (χ2v) is 6.81. The number of carbonyl (C=O) groups excluding carboxylic acids is 1. The van der Waals surface area contributed by atoms with Gasteiger partial charge in [0.1, 0.15) is 9.84 Å². The number of sulfone groups is 1. The van der Waals surface area contributed by atoms with E-state index in [0.29, 0.717) is 5.56 Å². The number of benzene rings is 1. The number of Topliss-reactive ketones (excluding diaryl/α,β-unsaturated/α-hetero) is 1. The van der Waals surface area contributed by atoms with Crippen molar-refractivity contribution in [2.75, 3.05) is 12.0 Å². The van der Waals surface area contributed by atoms with Crippen molar-refractivity contribution in [3.8, 4) is 0 Å². The van der Waals surface area contributed by atoms with Gasteiger partial charge in [-0.25, -0.2) is 8.42 Å². The molecule has 0 amide bonds. The number of carboxylic acid groups (broad SMARTS) is 1. The lowest BCUT2D eigenvalue weighted by Crippen LogP contribution is -2.25. The van der Waals surface area contributed by atoms with Crippen LogP contribution in [0.25, 0.3) is 0 Å². The molecular formula is C13H16O5S. The van der Waals surface area contributed by atoms with Gasteiger partial charge in [-0.1, -0.05) is 29.8 Å². The lowest BCUT2D eigenvalue weighted by atomic mass is 9.99. The zero-order valence-corrected chi connectivity index (χ0v) is 11.6. The summed E-state index contributed by atoms with van der Waals surface area (Å²) in [6.07, 6.45) is 0.644. The largest absolute Gasteiger partial charge is 0.481 e. The van der Waals surface area contributed by atoms with E-state index in [1.54, 1.807) is 24.3 Å². The van der Waals surface area contributed by atoms with Gasteiger partial charge in [0.2, 0.25) is 0 Å². The second-order valence-electron chi connectivity index (χ2n) is 4.62. The van der Waals surface area contributed by atoms with E-state index in [1.807, 2.05) is 6.92 Å². The molecule has 5 nitrogen and oxygen atoms in total. The normalized spacial score (nSPS) is 12.9. The second kappa shape index (κ2) is 5.97. The molecule has 1 N–H and O–H groups in total. The Labute approximate surface area is 112 Å². The Hall–Kier alpha value is -1.69. The molecule has 0 spiro atoms. The first kappa shape index (κ1) is 15.4. The Morgan fingerprint density at radius 1 is 1.21 bits per heavy atom. The maximum Gasteiger partial charge on any atom is 0.307 e. The van der Waals surface area contributed by atoms with Crippen LogP contribution in [0.2, 0.25) is 0 Å². The maximum atomic E-state index is 11.9. The smallest absolute Gasteiger partial charge is 0.307 e. The predicted molar refractivity (Wildman–Crippen MR) is 71.0 cm³/mol. The maximum absolute atomic E-state index is 11.9. The van der Waals surface area contributed by atoms with E-state index in [-0.39, 0.29) is 12.2 Å². The molecule has 0 aromatic heterocycles. The van der Waals surface area contributed by atoms with Crippen LogP contribution in [0.3, 0.4) is 0 Å². The summed E-state index contributed by atoms with van der Waals surface area (Å²) in [4.78, 5) is 22.9. The van der Waals surface area contributed by atoms with Crippen molar-refractivity contribution >= 4 is 21.6 Å². The zero-order valence-electron chi connectivity index (χ0n) is 10.8. The molecule has 1 aromatic carbocycles. The van der Waals surface area contributed by atoms with Gasteiger partial charge < -0.3 is 5.11 Å². The molecule has 104 valence electrons. The molecule has 1 rings (SSSR count). The highest BCUT2D eigenvalue weighted by Crippen LogP contribution is 2.13. The minimum Gasteiger partial charge on any atom is -0.481 e. The predicted octanol–water partition coefficient (Wildman–Crippen LogP) is 1.31.